The van der Waals surface area contributed by atoms with Gasteiger partial charge in [-0.3, -0.25) is 0 Å². The van der Waals surface area contributed by atoms with Crippen LogP contribution in [-0.2, 0) is 26.5 Å². The van der Waals surface area contributed by atoms with Gasteiger partial charge in [-0.25, -0.2) is 16.8 Å². The van der Waals surface area contributed by atoms with Crippen LogP contribution < -0.4 is 4.90 Å². The molecule has 0 saturated carbocycles. The fourth-order valence-electron chi connectivity index (χ4n) is 6.62. The van der Waals surface area contributed by atoms with Crippen molar-refractivity contribution in [2.24, 2.45) is 23.7 Å². The van der Waals surface area contributed by atoms with Crippen LogP contribution in [0.2, 0.25) is 0 Å². The monoisotopic (exact) mass is 545 g/mol. The average Bonchev–Trinajstić information content (AvgIpc) is 2.82. The summed E-state index contributed by atoms with van der Waals surface area (Å²) < 4.78 is 57.4. The molecule has 3 heterocycles. The molecule has 0 amide bonds. The highest BCUT2D eigenvalue weighted by molar-refractivity contribution is 7.89. The maximum absolute atomic E-state index is 13.5. The van der Waals surface area contributed by atoms with Crippen LogP contribution >= 0.6 is 0 Å². The molecule has 0 bridgehead atoms. The van der Waals surface area contributed by atoms with E-state index >= 15 is 0 Å². The summed E-state index contributed by atoms with van der Waals surface area (Å²) >= 11 is 0. The van der Waals surface area contributed by atoms with Crippen LogP contribution in [0.25, 0.3) is 0 Å². The van der Waals surface area contributed by atoms with Gasteiger partial charge in [-0.2, -0.15) is 8.61 Å². The first kappa shape index (κ1) is 26.7. The first-order valence-corrected chi connectivity index (χ1v) is 16.2. The number of fused-ring (bicyclic) bond motifs is 2. The lowest BCUT2D eigenvalue weighted by atomic mass is 9.94. The van der Waals surface area contributed by atoms with E-state index in [9.17, 15) is 16.8 Å². The number of hydrogen-bond acceptors (Lipinski definition) is 5. The van der Waals surface area contributed by atoms with Gasteiger partial charge in [-0.1, -0.05) is 27.7 Å². The molecule has 202 valence electrons. The SMILES string of the molecule is CC1CC(C)CN(S(=O)(=O)c2ccc3c(c2)Cc2cc(S(=O)(=O)N4CC(C)CC(C)C4)ccc2N3C)C1. The first-order chi connectivity index (χ1) is 17.4. The van der Waals surface area contributed by atoms with Crippen molar-refractivity contribution in [1.82, 2.24) is 8.61 Å². The summed E-state index contributed by atoms with van der Waals surface area (Å²) in [7, 11) is -5.26. The number of rotatable bonds is 4. The van der Waals surface area contributed by atoms with Crippen molar-refractivity contribution < 1.29 is 16.8 Å². The van der Waals surface area contributed by atoms with Crippen LogP contribution in [0.1, 0.15) is 51.7 Å². The summed E-state index contributed by atoms with van der Waals surface area (Å²) in [5, 5.41) is 0. The molecule has 7 nitrogen and oxygen atoms in total. The average molecular weight is 546 g/mol. The normalized spacial score (nSPS) is 27.5. The van der Waals surface area contributed by atoms with Gasteiger partial charge in [0, 0.05) is 51.0 Å². The zero-order chi connectivity index (χ0) is 26.7. The van der Waals surface area contributed by atoms with Crippen molar-refractivity contribution in [2.75, 3.05) is 38.1 Å². The van der Waals surface area contributed by atoms with Gasteiger partial charge in [0.15, 0.2) is 0 Å². The minimum Gasteiger partial charge on any atom is -0.344 e. The van der Waals surface area contributed by atoms with Crippen LogP contribution in [0.5, 0.6) is 0 Å². The number of anilines is 2. The van der Waals surface area contributed by atoms with Gasteiger partial charge >= 0.3 is 0 Å². The molecule has 4 unspecified atom stereocenters. The molecule has 0 aliphatic carbocycles. The van der Waals surface area contributed by atoms with Crippen LogP contribution in [0.3, 0.4) is 0 Å². The third-order valence-electron chi connectivity index (χ3n) is 8.15. The second-order valence-electron chi connectivity index (χ2n) is 11.9. The van der Waals surface area contributed by atoms with Crippen molar-refractivity contribution in [3.05, 3.63) is 47.5 Å². The predicted molar refractivity (Wildman–Crippen MR) is 147 cm³/mol. The smallest absolute Gasteiger partial charge is 0.243 e. The van der Waals surface area contributed by atoms with Crippen LogP contribution in [0.15, 0.2) is 46.2 Å². The third kappa shape index (κ3) is 4.95. The molecule has 37 heavy (non-hydrogen) atoms. The van der Waals surface area contributed by atoms with E-state index < -0.39 is 20.0 Å². The molecule has 0 N–H and O–H groups in total. The van der Waals surface area contributed by atoms with E-state index in [0.29, 0.717) is 66.1 Å². The Bertz CT molecular complexity index is 1280. The predicted octanol–water partition coefficient (Wildman–Crippen LogP) is 4.69. The first-order valence-electron chi connectivity index (χ1n) is 13.4. The molecule has 2 aromatic rings. The van der Waals surface area contributed by atoms with Crippen LogP contribution in [-0.4, -0.2) is 58.7 Å². The van der Waals surface area contributed by atoms with E-state index in [1.807, 2.05) is 24.1 Å². The Morgan fingerprint density at radius 1 is 0.622 bits per heavy atom. The van der Waals surface area contributed by atoms with Gasteiger partial charge in [0.2, 0.25) is 20.0 Å². The number of sulfonamides is 2. The maximum Gasteiger partial charge on any atom is 0.243 e. The van der Waals surface area contributed by atoms with Crippen molar-refractivity contribution in [3.8, 4) is 0 Å². The van der Waals surface area contributed by atoms with Crippen molar-refractivity contribution in [2.45, 2.75) is 56.7 Å². The molecule has 0 spiro atoms. The molecule has 3 aliphatic heterocycles. The lowest BCUT2D eigenvalue weighted by molar-refractivity contribution is 0.222. The second kappa shape index (κ2) is 9.67. The van der Waals surface area contributed by atoms with E-state index in [0.717, 1.165) is 35.3 Å². The lowest BCUT2D eigenvalue weighted by Crippen LogP contribution is -2.42. The van der Waals surface area contributed by atoms with Crippen LogP contribution in [0, 0.1) is 23.7 Å². The summed E-state index contributed by atoms with van der Waals surface area (Å²) in [4.78, 5) is 2.64. The molecule has 4 atom stereocenters. The molecule has 2 aromatic carbocycles. The molecular weight excluding hydrogens is 506 g/mol. The Labute approximate surface area is 222 Å². The van der Waals surface area contributed by atoms with Gasteiger partial charge in [0.05, 0.1) is 9.79 Å². The molecule has 0 aromatic heterocycles. The third-order valence-corrected chi connectivity index (χ3v) is 11.8. The Morgan fingerprint density at radius 3 is 1.32 bits per heavy atom. The van der Waals surface area contributed by atoms with Crippen molar-refractivity contribution >= 4 is 31.4 Å². The molecule has 0 radical (unpaired) electrons. The summed E-state index contributed by atoms with van der Waals surface area (Å²) in [5.74, 6) is 1.33. The zero-order valence-electron chi connectivity index (χ0n) is 22.5. The molecule has 5 rings (SSSR count). The number of hydrogen-bond donors (Lipinski definition) is 0. The quantitative estimate of drug-likeness (QED) is 0.557. The Kier molecular flexibility index (Phi) is 6.96. The summed E-state index contributed by atoms with van der Waals surface area (Å²) in [5.41, 5.74) is 3.68. The number of benzene rings is 2. The molecule has 3 aliphatic rings. The highest BCUT2D eigenvalue weighted by Gasteiger charge is 2.34. The highest BCUT2D eigenvalue weighted by atomic mass is 32.2. The fraction of sp³-hybridized carbons (Fsp3) is 0.571. The molecule has 2 fully saturated rings. The Hall–Kier alpha value is -1.94. The summed E-state index contributed by atoms with van der Waals surface area (Å²) in [6.07, 6.45) is 2.57. The standard InChI is InChI=1S/C28H39N3O4S2/c1-19-10-20(2)16-30(15-19)36(32,33)25-6-8-27-23(13-25)12-24-14-26(7-9-28(24)29(27)5)37(34,35)31-17-21(3)11-22(4)18-31/h6-9,13-14,19-22H,10-12,15-18H2,1-5H3. The minimum absolute atomic E-state index is 0.310. The Morgan fingerprint density at radius 2 is 0.973 bits per heavy atom. The van der Waals surface area contributed by atoms with Gasteiger partial charge in [-0.05, 0) is 84.0 Å². The van der Waals surface area contributed by atoms with Gasteiger partial charge in [0.1, 0.15) is 0 Å². The summed E-state index contributed by atoms with van der Waals surface area (Å²) in [6.45, 7) is 10.6. The molecular formula is C28H39N3O4S2. The fourth-order valence-corrected chi connectivity index (χ4v) is 10.1. The van der Waals surface area contributed by atoms with Crippen LogP contribution in [0.4, 0.5) is 11.4 Å². The van der Waals surface area contributed by atoms with Crippen molar-refractivity contribution in [1.29, 1.82) is 0 Å². The largest absolute Gasteiger partial charge is 0.344 e. The van der Waals surface area contributed by atoms with Gasteiger partial charge in [0.25, 0.3) is 0 Å². The van der Waals surface area contributed by atoms with E-state index in [1.165, 1.54) is 0 Å². The topological polar surface area (TPSA) is 78.0 Å². The number of nitrogens with zero attached hydrogens (tertiary/aromatic N) is 3. The minimum atomic E-state index is -3.60. The van der Waals surface area contributed by atoms with E-state index in [4.69, 9.17) is 0 Å². The molecule has 2 saturated heterocycles. The second-order valence-corrected chi connectivity index (χ2v) is 15.7. The van der Waals surface area contributed by atoms with Crippen molar-refractivity contribution in [3.63, 3.8) is 0 Å². The zero-order valence-corrected chi connectivity index (χ0v) is 24.1. The van der Waals surface area contributed by atoms with E-state index in [1.54, 1.807) is 32.9 Å². The van der Waals surface area contributed by atoms with E-state index in [2.05, 4.69) is 27.7 Å². The number of piperidine rings is 2. The lowest BCUT2D eigenvalue weighted by Gasteiger charge is -2.35. The molecule has 9 heteroatoms. The van der Waals surface area contributed by atoms with Gasteiger partial charge < -0.3 is 4.90 Å². The van der Waals surface area contributed by atoms with Gasteiger partial charge in [-0.15, -0.1) is 0 Å². The maximum atomic E-state index is 13.5. The summed E-state index contributed by atoms with van der Waals surface area (Å²) in [6, 6.07) is 10.7. The Balaban J connectivity index is 1.46. The van der Waals surface area contributed by atoms with E-state index in [-0.39, 0.29) is 0 Å². The highest BCUT2D eigenvalue weighted by Crippen LogP contribution is 2.40.